The van der Waals surface area contributed by atoms with E-state index in [1.54, 1.807) is 0 Å². The first-order chi connectivity index (χ1) is 6.45. The highest BCUT2D eigenvalue weighted by Gasteiger charge is 2.30. The van der Waals surface area contributed by atoms with Gasteiger partial charge in [-0.15, -0.1) is 0 Å². The van der Waals surface area contributed by atoms with Crippen LogP contribution in [0.25, 0.3) is 0 Å². The molecule has 0 N–H and O–H groups in total. The molecule has 0 saturated heterocycles. The molecule has 14 heavy (non-hydrogen) atoms. The van der Waals surface area contributed by atoms with Crippen molar-refractivity contribution in [2.75, 3.05) is 5.33 Å². The number of alkyl halides is 4. The predicted molar refractivity (Wildman–Crippen MR) is 48.9 cm³/mol. The normalized spacial score (nSPS) is 11.8. The lowest BCUT2D eigenvalue weighted by molar-refractivity contribution is -0.137. The summed E-state index contributed by atoms with van der Waals surface area (Å²) >= 11 is 3.05. The summed E-state index contributed by atoms with van der Waals surface area (Å²) in [5.74, 6) is -0.600. The molecule has 0 unspecified atom stereocenters. The van der Waals surface area contributed by atoms with E-state index >= 15 is 0 Å². The SMILES string of the molecule is Fc1ccc(C(F)(F)F)cc1CCBr. The van der Waals surface area contributed by atoms with Gasteiger partial charge in [0.2, 0.25) is 0 Å². The average Bonchev–Trinajstić information content (AvgIpc) is 2.07. The van der Waals surface area contributed by atoms with E-state index in [9.17, 15) is 17.6 Å². The van der Waals surface area contributed by atoms with Gasteiger partial charge in [-0.1, -0.05) is 15.9 Å². The molecule has 0 nitrogen and oxygen atoms in total. The molecule has 0 aromatic heterocycles. The van der Waals surface area contributed by atoms with Gasteiger partial charge in [-0.3, -0.25) is 0 Å². The molecule has 0 radical (unpaired) electrons. The van der Waals surface area contributed by atoms with Gasteiger partial charge in [0.1, 0.15) is 5.82 Å². The second-order valence-electron chi connectivity index (χ2n) is 2.74. The molecule has 0 saturated carbocycles. The summed E-state index contributed by atoms with van der Waals surface area (Å²) in [6, 6.07) is 2.43. The van der Waals surface area contributed by atoms with Gasteiger partial charge < -0.3 is 0 Å². The Balaban J connectivity index is 3.06. The Morgan fingerprint density at radius 3 is 2.36 bits per heavy atom. The van der Waals surface area contributed by atoms with Crippen molar-refractivity contribution in [2.45, 2.75) is 12.6 Å². The largest absolute Gasteiger partial charge is 0.416 e. The first kappa shape index (κ1) is 11.5. The van der Waals surface area contributed by atoms with Crippen molar-refractivity contribution in [2.24, 2.45) is 0 Å². The fourth-order valence-corrected chi connectivity index (χ4v) is 1.47. The monoisotopic (exact) mass is 270 g/mol. The third kappa shape index (κ3) is 2.70. The maximum atomic E-state index is 13.0. The molecule has 0 bridgehead atoms. The highest BCUT2D eigenvalue weighted by atomic mass is 79.9. The number of hydrogen-bond donors (Lipinski definition) is 0. The van der Waals surface area contributed by atoms with Crippen LogP contribution in [0.1, 0.15) is 11.1 Å². The lowest BCUT2D eigenvalue weighted by Crippen LogP contribution is -2.06. The van der Waals surface area contributed by atoms with E-state index in [4.69, 9.17) is 0 Å². The van der Waals surface area contributed by atoms with Crippen molar-refractivity contribution < 1.29 is 17.6 Å². The summed E-state index contributed by atoms with van der Waals surface area (Å²) in [5, 5.41) is 0.436. The third-order valence-corrected chi connectivity index (χ3v) is 2.13. The average molecular weight is 271 g/mol. The van der Waals surface area contributed by atoms with Gasteiger partial charge in [0.25, 0.3) is 0 Å². The zero-order valence-electron chi connectivity index (χ0n) is 7.04. The standard InChI is InChI=1S/C9H7BrF4/c10-4-3-6-5-7(9(12,13)14)1-2-8(6)11/h1-2,5H,3-4H2. The van der Waals surface area contributed by atoms with Crippen molar-refractivity contribution in [3.8, 4) is 0 Å². The smallest absolute Gasteiger partial charge is 0.207 e. The molecule has 1 rings (SSSR count). The number of aryl methyl sites for hydroxylation is 1. The van der Waals surface area contributed by atoms with Crippen molar-refractivity contribution in [3.05, 3.63) is 35.1 Å². The van der Waals surface area contributed by atoms with E-state index in [1.807, 2.05) is 0 Å². The molecule has 0 heterocycles. The summed E-state index contributed by atoms with van der Waals surface area (Å²) in [7, 11) is 0. The first-order valence-electron chi connectivity index (χ1n) is 3.86. The molecule has 1 aromatic rings. The highest BCUT2D eigenvalue weighted by Crippen LogP contribution is 2.30. The van der Waals surface area contributed by atoms with Gasteiger partial charge in [0.15, 0.2) is 0 Å². The highest BCUT2D eigenvalue weighted by molar-refractivity contribution is 9.09. The molecule has 0 spiro atoms. The topological polar surface area (TPSA) is 0 Å². The quantitative estimate of drug-likeness (QED) is 0.567. The molecule has 0 fully saturated rings. The Morgan fingerprint density at radius 2 is 1.86 bits per heavy atom. The molecule has 0 aliphatic carbocycles. The van der Waals surface area contributed by atoms with Crippen LogP contribution in [-0.4, -0.2) is 5.33 Å². The van der Waals surface area contributed by atoms with Gasteiger partial charge in [0.05, 0.1) is 5.56 Å². The summed E-state index contributed by atoms with van der Waals surface area (Å²) in [6.07, 6.45) is -4.16. The molecule has 5 heteroatoms. The van der Waals surface area contributed by atoms with Crippen molar-refractivity contribution in [1.82, 2.24) is 0 Å². The van der Waals surface area contributed by atoms with Crippen molar-refractivity contribution >= 4 is 15.9 Å². The fourth-order valence-electron chi connectivity index (χ4n) is 1.04. The molecular formula is C9H7BrF4. The summed E-state index contributed by atoms with van der Waals surface area (Å²) in [6.45, 7) is 0. The Hall–Kier alpha value is -0.580. The third-order valence-electron chi connectivity index (χ3n) is 1.74. The van der Waals surface area contributed by atoms with E-state index in [-0.39, 0.29) is 12.0 Å². The van der Waals surface area contributed by atoms with Crippen molar-refractivity contribution in [1.29, 1.82) is 0 Å². The second-order valence-corrected chi connectivity index (χ2v) is 3.54. The van der Waals surface area contributed by atoms with Gasteiger partial charge >= 0.3 is 6.18 Å². The summed E-state index contributed by atoms with van der Waals surface area (Å²) < 4.78 is 49.6. The minimum absolute atomic E-state index is 0.0803. The van der Waals surface area contributed by atoms with Crippen LogP contribution < -0.4 is 0 Å². The van der Waals surface area contributed by atoms with Crippen LogP contribution in [0.2, 0.25) is 0 Å². The van der Waals surface area contributed by atoms with Crippen LogP contribution in [0.4, 0.5) is 17.6 Å². The minimum Gasteiger partial charge on any atom is -0.207 e. The molecule has 0 aliphatic heterocycles. The van der Waals surface area contributed by atoms with E-state index in [0.717, 1.165) is 18.2 Å². The molecule has 78 valence electrons. The zero-order valence-corrected chi connectivity index (χ0v) is 8.62. The number of hydrogen-bond acceptors (Lipinski definition) is 0. The lowest BCUT2D eigenvalue weighted by Gasteiger charge is -2.08. The molecule has 0 aliphatic rings. The van der Waals surface area contributed by atoms with Crippen LogP contribution >= 0.6 is 15.9 Å². The van der Waals surface area contributed by atoms with E-state index < -0.39 is 17.6 Å². The van der Waals surface area contributed by atoms with Gasteiger partial charge in [-0.2, -0.15) is 13.2 Å². The van der Waals surface area contributed by atoms with Crippen LogP contribution in [0.5, 0.6) is 0 Å². The Labute approximate surface area is 87.1 Å². The van der Waals surface area contributed by atoms with E-state index in [1.165, 1.54) is 0 Å². The minimum atomic E-state index is -4.41. The van der Waals surface area contributed by atoms with Crippen LogP contribution in [0.3, 0.4) is 0 Å². The van der Waals surface area contributed by atoms with Crippen LogP contribution in [-0.2, 0) is 12.6 Å². The first-order valence-corrected chi connectivity index (χ1v) is 4.99. The maximum absolute atomic E-state index is 13.0. The molecular weight excluding hydrogens is 264 g/mol. The van der Waals surface area contributed by atoms with Crippen LogP contribution in [0.15, 0.2) is 18.2 Å². The molecule has 0 atom stereocenters. The van der Waals surface area contributed by atoms with Gasteiger partial charge in [0, 0.05) is 5.33 Å². The maximum Gasteiger partial charge on any atom is 0.416 e. The zero-order chi connectivity index (χ0) is 10.8. The molecule has 0 amide bonds. The Morgan fingerprint density at radius 1 is 1.21 bits per heavy atom. The second kappa shape index (κ2) is 4.29. The van der Waals surface area contributed by atoms with Crippen LogP contribution in [0, 0.1) is 5.82 Å². The van der Waals surface area contributed by atoms with Gasteiger partial charge in [-0.25, -0.2) is 4.39 Å². The number of benzene rings is 1. The Bertz CT molecular complexity index is 319. The number of halogens is 5. The fraction of sp³-hybridized carbons (Fsp3) is 0.333. The summed E-state index contributed by atoms with van der Waals surface area (Å²) in [4.78, 5) is 0. The molecule has 1 aromatic carbocycles. The van der Waals surface area contributed by atoms with Gasteiger partial charge in [-0.05, 0) is 30.2 Å². The number of rotatable bonds is 2. The Kier molecular flexibility index (Phi) is 3.53. The predicted octanol–water partition coefficient (Wildman–Crippen LogP) is 3.78. The summed E-state index contributed by atoms with van der Waals surface area (Å²) in [5.41, 5.74) is -0.730. The van der Waals surface area contributed by atoms with E-state index in [2.05, 4.69) is 15.9 Å². The van der Waals surface area contributed by atoms with Crippen molar-refractivity contribution in [3.63, 3.8) is 0 Å². The lowest BCUT2D eigenvalue weighted by atomic mass is 10.1. The van der Waals surface area contributed by atoms with E-state index in [0.29, 0.717) is 5.33 Å².